The van der Waals surface area contributed by atoms with Crippen molar-refractivity contribution in [3.05, 3.63) is 41.8 Å². The van der Waals surface area contributed by atoms with Crippen molar-refractivity contribution in [2.75, 3.05) is 52.1 Å². The van der Waals surface area contributed by atoms with E-state index in [9.17, 15) is 19.2 Å². The minimum atomic E-state index is -0.769. The number of nitrogens with one attached hydrogen (secondary N) is 3. The number of carboxylic acid groups (broad SMARTS) is 1. The van der Waals surface area contributed by atoms with E-state index in [0.717, 1.165) is 38.3 Å². The molecule has 3 fully saturated rings. The van der Waals surface area contributed by atoms with Gasteiger partial charge in [-0.25, -0.2) is 9.78 Å². The fourth-order valence-corrected chi connectivity index (χ4v) is 5.57. The molecule has 13 heteroatoms. The van der Waals surface area contributed by atoms with Gasteiger partial charge in [0.05, 0.1) is 13.1 Å². The summed E-state index contributed by atoms with van der Waals surface area (Å²) in [4.78, 5) is 54.2. The lowest BCUT2D eigenvalue weighted by Gasteiger charge is -2.23. The number of allylic oxidation sites excluding steroid dienone is 2. The van der Waals surface area contributed by atoms with Crippen LogP contribution >= 0.6 is 11.9 Å². The first-order valence-electron chi connectivity index (χ1n) is 18.1. The number of carbonyl (C=O) groups excluding carboxylic acids is 3. The van der Waals surface area contributed by atoms with E-state index in [1.807, 2.05) is 27.0 Å². The largest absolute Gasteiger partial charge is 0.465 e. The van der Waals surface area contributed by atoms with Gasteiger partial charge in [-0.05, 0) is 103 Å². The number of oxazole rings is 1. The Morgan fingerprint density at radius 1 is 1.00 bits per heavy atom. The quantitative estimate of drug-likeness (QED) is 0.134. The lowest BCUT2D eigenvalue weighted by molar-refractivity contribution is -0.137. The van der Waals surface area contributed by atoms with Gasteiger partial charge in [0.15, 0.2) is 5.58 Å². The summed E-state index contributed by atoms with van der Waals surface area (Å²) >= 11 is 1.35. The van der Waals surface area contributed by atoms with Gasteiger partial charge in [0.2, 0.25) is 17.6 Å². The highest BCUT2D eigenvalue weighted by atomic mass is 32.2. The highest BCUT2D eigenvalue weighted by Crippen LogP contribution is 2.18. The number of aromatic nitrogens is 1. The fourth-order valence-electron chi connectivity index (χ4n) is 5.30. The predicted molar refractivity (Wildman–Crippen MR) is 203 cm³/mol. The third-order valence-electron chi connectivity index (χ3n) is 8.44. The van der Waals surface area contributed by atoms with E-state index in [2.05, 4.69) is 47.2 Å². The Morgan fingerprint density at radius 2 is 1.64 bits per heavy atom. The van der Waals surface area contributed by atoms with Crippen molar-refractivity contribution in [2.45, 2.75) is 99.0 Å². The van der Waals surface area contributed by atoms with Crippen LogP contribution in [-0.4, -0.2) is 102 Å². The molecule has 1 aromatic carbocycles. The lowest BCUT2D eigenvalue weighted by Crippen LogP contribution is -2.48. The molecule has 1 atom stereocenters. The van der Waals surface area contributed by atoms with Crippen molar-refractivity contribution in [1.29, 1.82) is 0 Å². The van der Waals surface area contributed by atoms with E-state index in [-0.39, 0.29) is 30.8 Å². The van der Waals surface area contributed by atoms with E-state index < -0.39 is 17.9 Å². The van der Waals surface area contributed by atoms with Crippen molar-refractivity contribution in [3.8, 4) is 0 Å². The maximum absolute atomic E-state index is 12.4. The Hall–Kier alpha value is -3.42. The summed E-state index contributed by atoms with van der Waals surface area (Å²) in [5.74, 6) is 0.132. The minimum Gasteiger partial charge on any atom is -0.465 e. The summed E-state index contributed by atoms with van der Waals surface area (Å²) < 4.78 is 8.29. The predicted octanol–water partition coefficient (Wildman–Crippen LogP) is 6.53. The van der Waals surface area contributed by atoms with E-state index in [0.29, 0.717) is 24.1 Å². The lowest BCUT2D eigenvalue weighted by atomic mass is 9.96. The molecular weight excluding hydrogens is 657 g/mol. The first-order chi connectivity index (χ1) is 24.1. The molecule has 0 radical (unpaired) electrons. The van der Waals surface area contributed by atoms with Crippen LogP contribution in [0.1, 0.15) is 104 Å². The zero-order valence-corrected chi connectivity index (χ0v) is 32.2. The molecule has 1 aromatic heterocycles. The summed E-state index contributed by atoms with van der Waals surface area (Å²) in [5, 5.41) is 14.4. The first-order valence-corrected chi connectivity index (χ1v) is 19.3. The van der Waals surface area contributed by atoms with Gasteiger partial charge in [-0.3, -0.25) is 19.1 Å². The number of amides is 3. The zero-order valence-electron chi connectivity index (χ0n) is 31.4. The van der Waals surface area contributed by atoms with Crippen LogP contribution in [0, 0.1) is 5.92 Å². The molecule has 0 spiro atoms. The van der Waals surface area contributed by atoms with Gasteiger partial charge < -0.3 is 30.0 Å². The molecule has 3 aliphatic rings. The normalized spacial score (nSPS) is 16.9. The van der Waals surface area contributed by atoms with E-state index in [1.165, 1.54) is 61.2 Å². The molecule has 1 unspecified atom stereocenters. The highest BCUT2D eigenvalue weighted by molar-refractivity contribution is 7.96. The number of fused-ring (bicyclic) bond motifs is 1. The van der Waals surface area contributed by atoms with Crippen molar-refractivity contribution in [3.63, 3.8) is 0 Å². The molecule has 50 heavy (non-hydrogen) atoms. The molecule has 3 aliphatic heterocycles. The van der Waals surface area contributed by atoms with Crippen LogP contribution in [0.5, 0.6) is 0 Å². The number of ketones is 1. The molecule has 4 heterocycles. The summed E-state index contributed by atoms with van der Waals surface area (Å²) in [6, 6.07) is 6.53. The van der Waals surface area contributed by atoms with Crippen molar-refractivity contribution in [2.24, 2.45) is 5.92 Å². The van der Waals surface area contributed by atoms with E-state index in [1.54, 1.807) is 29.2 Å². The number of likely N-dealkylation sites (tertiary alicyclic amines) is 2. The summed E-state index contributed by atoms with van der Waals surface area (Å²) in [5.41, 5.74) is 2.50. The third-order valence-corrected chi connectivity index (χ3v) is 8.87. The van der Waals surface area contributed by atoms with Crippen molar-refractivity contribution < 1.29 is 28.7 Å². The molecule has 0 aliphatic carbocycles. The van der Waals surface area contributed by atoms with Crippen LogP contribution < -0.4 is 15.4 Å². The van der Waals surface area contributed by atoms with Gasteiger partial charge in [-0.1, -0.05) is 62.9 Å². The molecule has 2 aromatic rings. The van der Waals surface area contributed by atoms with Crippen LogP contribution in [0.25, 0.3) is 11.1 Å². The molecule has 3 amide bonds. The monoisotopic (exact) mass is 718 g/mol. The summed E-state index contributed by atoms with van der Waals surface area (Å²) in [6.45, 7) is 17.0. The topological polar surface area (TPSA) is 157 Å². The van der Waals surface area contributed by atoms with Crippen LogP contribution in [-0.2, 0) is 9.59 Å². The van der Waals surface area contributed by atoms with E-state index >= 15 is 0 Å². The van der Waals surface area contributed by atoms with Crippen LogP contribution in [0.15, 0.2) is 40.3 Å². The highest BCUT2D eigenvalue weighted by Gasteiger charge is 2.34. The number of benzene rings is 1. The van der Waals surface area contributed by atoms with Gasteiger partial charge in [-0.2, -0.15) is 0 Å². The van der Waals surface area contributed by atoms with Gasteiger partial charge >= 0.3 is 6.09 Å². The van der Waals surface area contributed by atoms with Gasteiger partial charge in [0, 0.05) is 19.6 Å². The number of para-hydroxylation sites is 2. The number of carbonyl (C=O) groups is 4. The molecule has 0 bridgehead atoms. The maximum Gasteiger partial charge on any atom is 0.407 e. The molecule has 4 N–H and O–H groups in total. The van der Waals surface area contributed by atoms with E-state index in [4.69, 9.17) is 9.52 Å². The molecule has 12 nitrogen and oxygen atoms in total. The number of Topliss-reactive ketones (excluding diaryl/α,β-unsaturated/α-hetero) is 1. The average molecular weight is 719 g/mol. The molecule has 5 rings (SSSR count). The van der Waals surface area contributed by atoms with Gasteiger partial charge in [0.1, 0.15) is 11.6 Å². The second-order valence-corrected chi connectivity index (χ2v) is 12.9. The SMILES string of the molecule is CC.CC=C(C)C.CCC1CCNCC1.CSNCC(=O)N1CCCC1C(=O)NCC(=O)c1nc2ccccc2o1.O=C(O)N1CCCCC1. The summed E-state index contributed by atoms with van der Waals surface area (Å²) in [7, 11) is 0. The number of rotatable bonds is 8. The molecular formula is C37H62N6O6S. The van der Waals surface area contributed by atoms with Crippen LogP contribution in [0.3, 0.4) is 0 Å². The third kappa shape index (κ3) is 17.0. The Morgan fingerprint density at radius 3 is 2.16 bits per heavy atom. The van der Waals surface area contributed by atoms with Gasteiger partial charge in [-0.15, -0.1) is 0 Å². The summed E-state index contributed by atoms with van der Waals surface area (Å²) in [6.07, 6.45) is 11.9. The molecule has 282 valence electrons. The smallest absolute Gasteiger partial charge is 0.407 e. The number of piperidine rings is 2. The second kappa shape index (κ2) is 26.4. The zero-order chi connectivity index (χ0) is 37.3. The average Bonchev–Trinajstić information content (AvgIpc) is 3.83. The Kier molecular flexibility index (Phi) is 23.5. The Bertz CT molecular complexity index is 1270. The van der Waals surface area contributed by atoms with Gasteiger partial charge in [0.25, 0.3) is 5.89 Å². The fraction of sp³-hybridized carbons (Fsp3) is 0.649. The standard InChI is InChI=1S/C17H20N4O4S.C7H15N.C6H11NO2.C5H10.C2H6/c1-26-19-10-15(23)21-8-4-6-12(21)16(24)18-9-13(22)17-20-11-5-2-3-7-14(11)25-17;1-2-7-3-5-8-6-4-7;8-6(9)7-4-2-1-3-5-7;1-4-5(2)3;1-2/h2-3,5,7,12,19H,4,6,8-10H2,1H3,(H,18,24);7-8H,2-6H2,1H3;1-5H2,(H,8,9);4H,1-3H3;1-2H3. The van der Waals surface area contributed by atoms with Crippen LogP contribution in [0.4, 0.5) is 4.79 Å². The number of nitrogens with zero attached hydrogens (tertiary/aromatic N) is 3. The first kappa shape index (κ1) is 44.6. The Balaban J connectivity index is 0.000000422. The minimum absolute atomic E-state index is 0.0324. The van der Waals surface area contributed by atoms with Crippen LogP contribution in [0.2, 0.25) is 0 Å². The Labute approximate surface area is 303 Å². The number of hydrogen-bond acceptors (Lipinski definition) is 9. The van der Waals surface area contributed by atoms with Crippen molar-refractivity contribution in [1.82, 2.24) is 30.1 Å². The molecule has 3 saturated heterocycles. The number of hydrogen-bond donors (Lipinski definition) is 4. The molecule has 0 saturated carbocycles. The second-order valence-electron chi connectivity index (χ2n) is 12.2. The maximum atomic E-state index is 12.4. The van der Waals surface area contributed by atoms with Crippen molar-refractivity contribution >= 4 is 46.7 Å².